The summed E-state index contributed by atoms with van der Waals surface area (Å²) in [4.78, 5) is 0. The Balaban J connectivity index is 0. The molecule has 0 bridgehead atoms. The summed E-state index contributed by atoms with van der Waals surface area (Å²) in [5.41, 5.74) is 0. The van der Waals surface area contributed by atoms with Gasteiger partial charge in [-0.15, -0.1) is 0 Å². The quantitative estimate of drug-likeness (QED) is 0.290. The fraction of sp³-hybridized carbons (Fsp3) is 0. The Morgan fingerprint density at radius 1 is 1.00 bits per heavy atom. The zero-order valence-corrected chi connectivity index (χ0v) is 17.1. The largest absolute Gasteiger partial charge is 3.00 e. The summed E-state index contributed by atoms with van der Waals surface area (Å²) < 4.78 is 0. The maximum absolute atomic E-state index is 0. The van der Waals surface area contributed by atoms with Gasteiger partial charge in [0, 0.05) is 0 Å². The molecule has 0 aromatic rings. The fourth-order valence-electron chi connectivity index (χ4n) is 0. The van der Waals surface area contributed by atoms with E-state index < -0.39 is 0 Å². The minimum atomic E-state index is 0. The summed E-state index contributed by atoms with van der Waals surface area (Å²) >= 11 is 0. The summed E-state index contributed by atoms with van der Waals surface area (Å²) in [6.07, 6.45) is 0. The smallest absolute Gasteiger partial charge is 2.00 e. The second-order valence-electron chi connectivity index (χ2n) is 0. The van der Waals surface area contributed by atoms with Crippen LogP contribution in [-0.2, 0) is 22.5 Å². The second kappa shape index (κ2) is 32.3. The predicted molar refractivity (Wildman–Crippen MR) is 23.7 cm³/mol. The van der Waals surface area contributed by atoms with Gasteiger partial charge in [-0.2, -0.15) is 0 Å². The molecule has 0 fully saturated rings. The molecule has 0 spiro atoms. The Bertz CT molecular complexity index is 15.5. The summed E-state index contributed by atoms with van der Waals surface area (Å²) in [5, 5.41) is 0. The standard InChI is InChI=1S/Bi.Ca.Cu.O.Pb.Sr/q+3;2*+2;-2;2*+2. The van der Waals surface area contributed by atoms with Crippen LogP contribution in [0.15, 0.2) is 0 Å². The molecule has 0 atom stereocenters. The number of rotatable bonds is 0. The van der Waals surface area contributed by atoms with Crippen molar-refractivity contribution in [1.82, 2.24) is 0 Å². The normalized spacial score (nSPS) is 0. The van der Waals surface area contributed by atoms with E-state index in [2.05, 4.69) is 0 Å². The zero-order chi connectivity index (χ0) is 0. The van der Waals surface area contributed by atoms with E-state index in [0.717, 1.165) is 0 Å². The van der Waals surface area contributed by atoms with Crippen LogP contribution in [0.4, 0.5) is 0 Å². The van der Waals surface area contributed by atoms with Crippen LogP contribution in [0.5, 0.6) is 0 Å². The van der Waals surface area contributed by atoms with Crippen LogP contribution in [-0.4, -0.2) is 137 Å². The minimum Gasteiger partial charge on any atom is -2.00 e. The van der Waals surface area contributed by atoms with Crippen LogP contribution in [0, 0.1) is 0 Å². The Labute approximate surface area is 154 Å². The molecular weight excluding hydrogens is 623 g/mol. The van der Waals surface area contributed by atoms with E-state index in [0.29, 0.717) is 0 Å². The average Bonchev–Trinajstić information content (AvgIpc) is 0. The van der Waals surface area contributed by atoms with Gasteiger partial charge in [0.25, 0.3) is 0 Å². The third-order valence-corrected chi connectivity index (χ3v) is 0. The SMILES string of the molecule is [Bi+3].[Ca+2].[Cu+2].[O-2].[Pb+2].[Sr+2]. The third kappa shape index (κ3) is 23.0. The van der Waals surface area contributed by atoms with Crippen molar-refractivity contribution in [3.63, 3.8) is 0 Å². The molecule has 5 radical (unpaired) electrons. The fourth-order valence-corrected chi connectivity index (χ4v) is 0. The van der Waals surface area contributed by atoms with Gasteiger partial charge in [-0.25, -0.2) is 0 Å². The van der Waals surface area contributed by atoms with Crippen LogP contribution in [0.1, 0.15) is 0 Å². The predicted octanol–water partition coefficient (Wildman–Crippen LogP) is -1.64. The van der Waals surface area contributed by atoms with E-state index in [9.17, 15) is 0 Å². The van der Waals surface area contributed by atoms with Crippen molar-refractivity contribution in [3.05, 3.63) is 0 Å². The van der Waals surface area contributed by atoms with Crippen molar-refractivity contribution in [3.8, 4) is 0 Å². The van der Waals surface area contributed by atoms with E-state index in [1.165, 1.54) is 0 Å². The molecule has 21 valence electrons. The minimum absolute atomic E-state index is 0. The van der Waals surface area contributed by atoms with Gasteiger partial charge in [0.1, 0.15) is 0 Å². The van der Waals surface area contributed by atoms with Crippen molar-refractivity contribution >= 4 is 137 Å². The van der Waals surface area contributed by atoms with Gasteiger partial charge < -0.3 is 5.48 Å². The molecule has 0 aromatic heterocycles. The third-order valence-electron chi connectivity index (χ3n) is 0. The maximum atomic E-state index is 0. The average molecular weight is 623 g/mol. The molecule has 6 heteroatoms. The molecule has 1 nitrogen and oxygen atoms in total. The monoisotopic (exact) mass is 624 g/mol. The van der Waals surface area contributed by atoms with Gasteiger partial charge in [-0.3, -0.25) is 0 Å². The van der Waals surface area contributed by atoms with Crippen LogP contribution >= 0.6 is 0 Å². The van der Waals surface area contributed by atoms with E-state index in [4.69, 9.17) is 0 Å². The summed E-state index contributed by atoms with van der Waals surface area (Å²) in [6, 6.07) is 0. The van der Waals surface area contributed by atoms with Crippen LogP contribution in [0.3, 0.4) is 0 Å². The van der Waals surface area contributed by atoms with E-state index in [-0.39, 0.29) is 159 Å². The van der Waals surface area contributed by atoms with Gasteiger partial charge in [0.15, 0.2) is 0 Å². The molecule has 6 heavy (non-hydrogen) atoms. The first-order chi connectivity index (χ1) is 0. The summed E-state index contributed by atoms with van der Waals surface area (Å²) in [5.74, 6) is 0. The Kier molecular flexibility index (Phi) is 237. The van der Waals surface area contributed by atoms with Crippen molar-refractivity contribution in [2.75, 3.05) is 0 Å². The molecule has 0 aliphatic carbocycles. The van der Waals surface area contributed by atoms with E-state index >= 15 is 0 Å². The van der Waals surface area contributed by atoms with Crippen LogP contribution < -0.4 is 0 Å². The molecule has 0 N–H and O–H groups in total. The van der Waals surface area contributed by atoms with Gasteiger partial charge in [-0.05, 0) is 0 Å². The van der Waals surface area contributed by atoms with Gasteiger partial charge in [0.2, 0.25) is 0 Å². The maximum Gasteiger partial charge on any atom is 3.00 e. The molecule has 0 unspecified atom stereocenters. The topological polar surface area (TPSA) is 28.5 Å². The molecule has 0 saturated carbocycles. The van der Waals surface area contributed by atoms with Gasteiger partial charge >= 0.3 is 154 Å². The molecule has 0 amide bonds. The first-order valence-corrected chi connectivity index (χ1v) is 0. The summed E-state index contributed by atoms with van der Waals surface area (Å²) in [6.45, 7) is 0. The van der Waals surface area contributed by atoms with Crippen molar-refractivity contribution in [2.24, 2.45) is 0 Å². The van der Waals surface area contributed by atoms with Gasteiger partial charge in [-0.1, -0.05) is 0 Å². The first kappa shape index (κ1) is 43.9. The van der Waals surface area contributed by atoms with E-state index in [1.807, 2.05) is 0 Å². The number of hydrogen-bond donors (Lipinski definition) is 0. The molecule has 0 aliphatic rings. The molecule has 0 heterocycles. The molecular formula is BiCaCuOPbSr+9. The van der Waals surface area contributed by atoms with Crippen molar-refractivity contribution in [1.29, 1.82) is 0 Å². The van der Waals surface area contributed by atoms with Crippen LogP contribution in [0.2, 0.25) is 0 Å². The van der Waals surface area contributed by atoms with Gasteiger partial charge in [0.05, 0.1) is 0 Å². The second-order valence-corrected chi connectivity index (χ2v) is 0. The van der Waals surface area contributed by atoms with Crippen molar-refractivity contribution < 1.29 is 22.5 Å². The van der Waals surface area contributed by atoms with Crippen molar-refractivity contribution in [2.45, 2.75) is 0 Å². The Hall–Kier alpha value is 5.02. The van der Waals surface area contributed by atoms with Crippen LogP contribution in [0.25, 0.3) is 0 Å². The first-order valence-electron chi connectivity index (χ1n) is 0. The molecule has 0 aliphatic heterocycles. The molecule has 0 rings (SSSR count). The Morgan fingerprint density at radius 3 is 1.00 bits per heavy atom. The Morgan fingerprint density at radius 2 is 1.00 bits per heavy atom. The van der Waals surface area contributed by atoms with E-state index in [1.54, 1.807) is 0 Å². The zero-order valence-electron chi connectivity index (χ0n) is 3.07. The molecule has 0 saturated heterocycles. The molecule has 0 aromatic carbocycles. The number of hydrogen-bond acceptors (Lipinski definition) is 0. The summed E-state index contributed by atoms with van der Waals surface area (Å²) in [7, 11) is 0.